The van der Waals surface area contributed by atoms with E-state index in [4.69, 9.17) is 20.1 Å². The Labute approximate surface area is 454 Å². The number of phenols is 1. The maximum Gasteiger partial charge on any atom is 0.254 e. The molecule has 0 bridgehead atoms. The molecule has 0 spiro atoms. The molecule has 4 aliphatic rings. The van der Waals surface area contributed by atoms with Crippen LogP contribution in [0.25, 0.3) is 32.8 Å². The van der Waals surface area contributed by atoms with Crippen molar-refractivity contribution in [2.75, 3.05) is 51.6 Å². The van der Waals surface area contributed by atoms with Crippen LogP contribution in [0.15, 0.2) is 83.1 Å². The first-order chi connectivity index (χ1) is 37.2. The van der Waals surface area contributed by atoms with Crippen LogP contribution in [0, 0.1) is 36.5 Å². The van der Waals surface area contributed by atoms with E-state index in [1.165, 1.54) is 4.90 Å². The summed E-state index contributed by atoms with van der Waals surface area (Å²) in [6.45, 7) is 15.1. The number of aliphatic hydroxyl groups excluding tert-OH is 1. The summed E-state index contributed by atoms with van der Waals surface area (Å²) in [5.41, 5.74) is 13.8. The molecule has 4 aromatic heterocycles. The number of ether oxygens (including phenoxy) is 1. The van der Waals surface area contributed by atoms with Crippen LogP contribution in [0.1, 0.15) is 114 Å². The summed E-state index contributed by atoms with van der Waals surface area (Å²) in [5, 5.41) is 41.5. The number of aromatic nitrogens is 6. The van der Waals surface area contributed by atoms with Crippen molar-refractivity contribution in [2.24, 2.45) is 29.6 Å². The molecule has 3 aliphatic heterocycles. The molecule has 77 heavy (non-hydrogen) atoms. The Morgan fingerprint density at radius 1 is 0.909 bits per heavy atom. The van der Waals surface area contributed by atoms with Crippen molar-refractivity contribution in [1.82, 2.24) is 50.1 Å². The number of aliphatic hydroxyl groups is 1. The molecule has 10 rings (SSSR count). The summed E-state index contributed by atoms with van der Waals surface area (Å²) in [6.07, 6.45) is 9.94. The quantitative estimate of drug-likeness (QED) is 0.0635. The Bertz CT molecular complexity index is 2990. The van der Waals surface area contributed by atoms with Crippen LogP contribution < -0.4 is 15.8 Å². The van der Waals surface area contributed by atoms with Gasteiger partial charge in [0.05, 0.1) is 52.8 Å². The van der Waals surface area contributed by atoms with Gasteiger partial charge in [0.15, 0.2) is 11.6 Å². The summed E-state index contributed by atoms with van der Waals surface area (Å²) in [5.74, 6) is 1.49. The SMILES string of the molecule is Cc1ncsc1-c1ccc([C@H](C)NC(=O)[C@@H]2C[C@@H](O)CN2C(=O)[C@H](c2cc(OCCC3CCN(C(=O)[C@H]4C[C@@H](CN5CCC([C@H](C)n6cc(-c7cc(-c8ccccc8O)nnc7N)cn6)CC5)C4)CC3)no2)C(C)C)cc1. The zero-order chi connectivity index (χ0) is 53.9. The van der Waals surface area contributed by atoms with Crippen LogP contribution in [0.5, 0.6) is 11.6 Å². The van der Waals surface area contributed by atoms with E-state index in [9.17, 15) is 24.6 Å². The predicted molar refractivity (Wildman–Crippen MR) is 293 cm³/mol. The Morgan fingerprint density at radius 2 is 1.66 bits per heavy atom. The number of hydrogen-bond acceptors (Lipinski definition) is 15. The number of thiazole rings is 1. The number of aromatic hydroxyl groups is 1. The molecule has 5 atom stereocenters. The molecule has 7 heterocycles. The minimum atomic E-state index is -0.832. The molecular weight excluding hydrogens is 995 g/mol. The number of nitrogens with two attached hydrogens (primary N) is 1. The number of para-hydroxylation sites is 1. The van der Waals surface area contributed by atoms with Gasteiger partial charge in [-0.25, -0.2) is 4.98 Å². The minimum Gasteiger partial charge on any atom is -0.507 e. The van der Waals surface area contributed by atoms with Gasteiger partial charge < -0.3 is 45.2 Å². The van der Waals surface area contributed by atoms with E-state index in [0.717, 1.165) is 110 Å². The molecule has 4 fully saturated rings. The summed E-state index contributed by atoms with van der Waals surface area (Å²) in [7, 11) is 0. The number of benzene rings is 2. The van der Waals surface area contributed by atoms with Crippen LogP contribution in [0.3, 0.4) is 0 Å². The first-order valence-electron chi connectivity index (χ1n) is 27.5. The molecule has 1 aliphatic carbocycles. The zero-order valence-corrected chi connectivity index (χ0v) is 45.6. The van der Waals surface area contributed by atoms with Crippen molar-refractivity contribution in [2.45, 2.75) is 116 Å². The molecule has 0 radical (unpaired) electrons. The number of β-amino-alcohol motifs (C(OH)–C–C–N with tert-alkyl or cyclic N) is 1. The fourth-order valence-electron chi connectivity index (χ4n) is 12.1. The van der Waals surface area contributed by atoms with Crippen molar-refractivity contribution in [3.8, 4) is 44.5 Å². The van der Waals surface area contributed by atoms with Crippen molar-refractivity contribution in [1.29, 1.82) is 0 Å². The molecule has 3 amide bonds. The van der Waals surface area contributed by atoms with E-state index in [1.54, 1.807) is 35.6 Å². The number of nitrogen functional groups attached to an aromatic ring is 1. The highest BCUT2D eigenvalue weighted by Crippen LogP contribution is 2.40. The van der Waals surface area contributed by atoms with E-state index in [-0.39, 0.29) is 54.4 Å². The number of nitrogens with one attached hydrogen (secondary N) is 1. The van der Waals surface area contributed by atoms with Gasteiger partial charge in [-0.2, -0.15) is 5.10 Å². The summed E-state index contributed by atoms with van der Waals surface area (Å²) < 4.78 is 13.8. The summed E-state index contributed by atoms with van der Waals surface area (Å²) in [6, 6.07) is 17.7. The Hall–Kier alpha value is -6.70. The van der Waals surface area contributed by atoms with Crippen molar-refractivity contribution in [3.63, 3.8) is 0 Å². The van der Waals surface area contributed by atoms with Gasteiger partial charge in [0.25, 0.3) is 5.88 Å². The molecule has 18 nitrogen and oxygen atoms in total. The highest BCUT2D eigenvalue weighted by atomic mass is 32.1. The van der Waals surface area contributed by atoms with Gasteiger partial charge in [0, 0.05) is 67.5 Å². The van der Waals surface area contributed by atoms with Crippen LogP contribution >= 0.6 is 11.3 Å². The third-order valence-corrected chi connectivity index (χ3v) is 17.8. The van der Waals surface area contributed by atoms with Gasteiger partial charge in [0.1, 0.15) is 17.7 Å². The van der Waals surface area contributed by atoms with Crippen molar-refractivity contribution >= 4 is 34.9 Å². The number of nitrogens with zero attached hydrogens (tertiary/aromatic N) is 9. The zero-order valence-electron chi connectivity index (χ0n) is 44.8. The number of likely N-dealkylation sites (tertiary alicyclic amines) is 3. The second-order valence-corrected chi connectivity index (χ2v) is 23.2. The second-order valence-electron chi connectivity index (χ2n) is 22.4. The normalized spacial score (nSPS) is 21.7. The molecule has 408 valence electrons. The molecule has 1 saturated carbocycles. The highest BCUT2D eigenvalue weighted by Gasteiger charge is 2.44. The topological polar surface area (TPSA) is 231 Å². The fraction of sp³-hybridized carbons (Fsp3) is 0.517. The number of amides is 3. The Balaban J connectivity index is 0.624. The van der Waals surface area contributed by atoms with Crippen molar-refractivity contribution < 1.29 is 33.9 Å². The number of aryl methyl sites for hydroxylation is 1. The van der Waals surface area contributed by atoms with Gasteiger partial charge in [-0.1, -0.05) is 50.2 Å². The highest BCUT2D eigenvalue weighted by molar-refractivity contribution is 7.13. The number of anilines is 1. The predicted octanol–water partition coefficient (Wildman–Crippen LogP) is 8.30. The lowest BCUT2D eigenvalue weighted by molar-refractivity contribution is -0.142. The van der Waals surface area contributed by atoms with Gasteiger partial charge in [-0.3, -0.25) is 19.1 Å². The molecular formula is C58H73N11O7S. The van der Waals surface area contributed by atoms with Crippen LogP contribution in [0.4, 0.5) is 5.82 Å². The lowest BCUT2D eigenvalue weighted by Gasteiger charge is -2.43. The van der Waals surface area contributed by atoms with E-state index < -0.39 is 18.1 Å². The van der Waals surface area contributed by atoms with E-state index in [1.807, 2.05) is 86.7 Å². The molecule has 5 N–H and O–H groups in total. The fourth-order valence-corrected chi connectivity index (χ4v) is 12.9. The van der Waals surface area contributed by atoms with Gasteiger partial charge in [-0.05, 0) is 137 Å². The largest absolute Gasteiger partial charge is 0.507 e. The average molecular weight is 1070 g/mol. The summed E-state index contributed by atoms with van der Waals surface area (Å²) >= 11 is 1.59. The molecule has 0 unspecified atom stereocenters. The minimum absolute atomic E-state index is 0.0503. The molecule has 6 aromatic rings. The lowest BCUT2D eigenvalue weighted by atomic mass is 9.73. The molecule has 3 saturated heterocycles. The molecule has 19 heteroatoms. The number of carbonyl (C=O) groups is 3. The standard InChI is InChI=1S/C58H73N11O7S/c1-34(2)53(58(74)68-32-45(70)26-49(68)56(72)62-35(3)40-10-12-42(13-11-40)54-36(4)60-33-77-54)51-28-52(65-76-51)75-23-18-38-14-21-67(22-15-38)57(73)43-24-39(25-43)30-66-19-16-41(17-20-66)37(5)69-31-44(29-61-69)47-27-48(63-64-55(47)59)46-8-6-7-9-50(46)71/h6-13,27-29,31,33-35,37-39,41,43,45,49,53,70-71H,14-26,30,32H2,1-5H3,(H2,59,64)(H,62,72)/t35-,37-,39-,43+,45+,49-,53-/m0/s1. The number of phenolic OH excluding ortho intramolecular Hbond substituents is 1. The van der Waals surface area contributed by atoms with E-state index >= 15 is 0 Å². The van der Waals surface area contributed by atoms with E-state index in [0.29, 0.717) is 59.0 Å². The third-order valence-electron chi connectivity index (χ3n) is 16.8. The first-order valence-corrected chi connectivity index (χ1v) is 28.4. The first kappa shape index (κ1) is 53.7. The Morgan fingerprint density at radius 3 is 2.38 bits per heavy atom. The van der Waals surface area contributed by atoms with Crippen LogP contribution in [0.2, 0.25) is 0 Å². The second kappa shape index (κ2) is 23.5. The molecule has 2 aromatic carbocycles. The number of carbonyl (C=O) groups excluding carboxylic acids is 3. The van der Waals surface area contributed by atoms with Crippen LogP contribution in [-0.2, 0) is 14.4 Å². The van der Waals surface area contributed by atoms with Gasteiger partial charge in [0.2, 0.25) is 17.7 Å². The van der Waals surface area contributed by atoms with Crippen LogP contribution in [-0.4, -0.2) is 131 Å². The third kappa shape index (κ3) is 12.1. The number of hydrogen-bond donors (Lipinski definition) is 4. The monoisotopic (exact) mass is 1070 g/mol. The number of piperidine rings is 2. The summed E-state index contributed by atoms with van der Waals surface area (Å²) in [4.78, 5) is 53.2. The maximum absolute atomic E-state index is 14.2. The van der Waals surface area contributed by atoms with Crippen molar-refractivity contribution in [3.05, 3.63) is 95.6 Å². The average Bonchev–Trinajstić information content (AvgIpc) is 4.28. The van der Waals surface area contributed by atoms with Gasteiger partial charge in [-0.15, -0.1) is 21.5 Å². The lowest BCUT2D eigenvalue weighted by Crippen LogP contribution is -2.48. The maximum atomic E-state index is 14.2. The smallest absolute Gasteiger partial charge is 0.254 e. The Kier molecular flexibility index (Phi) is 16.4. The number of rotatable bonds is 18. The van der Waals surface area contributed by atoms with Gasteiger partial charge >= 0.3 is 0 Å². The van der Waals surface area contributed by atoms with E-state index in [2.05, 4.69) is 42.4 Å².